The molecule has 0 aliphatic carbocycles. The van der Waals surface area contributed by atoms with Crippen LogP contribution in [0.15, 0.2) is 30.3 Å². The number of hydrogen-bond acceptors (Lipinski definition) is 6. The SMILES string of the molecule is COC(=O)[C@@H]1[C@@H](COC(=O)c2ccccc2)N1C(=O)OC(C)(C)C. The molecule has 1 aliphatic rings. The number of methoxy groups -OCH3 is 1. The Hall–Kier alpha value is -2.57. The van der Waals surface area contributed by atoms with Crippen LogP contribution in [0.4, 0.5) is 4.79 Å². The third kappa shape index (κ3) is 4.24. The number of amides is 1. The van der Waals surface area contributed by atoms with E-state index in [1.54, 1.807) is 51.1 Å². The molecule has 1 aromatic rings. The average Bonchev–Trinajstić information content (AvgIpc) is 3.25. The molecule has 1 saturated heterocycles. The summed E-state index contributed by atoms with van der Waals surface area (Å²) < 4.78 is 15.1. The first-order valence-electron chi connectivity index (χ1n) is 7.56. The second kappa shape index (κ2) is 6.90. The summed E-state index contributed by atoms with van der Waals surface area (Å²) in [5.41, 5.74) is -0.289. The topological polar surface area (TPSA) is 81.9 Å². The highest BCUT2D eigenvalue weighted by atomic mass is 16.6. The van der Waals surface area contributed by atoms with Crippen molar-refractivity contribution in [3.05, 3.63) is 35.9 Å². The minimum absolute atomic E-state index is 0.104. The molecule has 0 N–H and O–H groups in total. The van der Waals surface area contributed by atoms with Gasteiger partial charge in [0.05, 0.1) is 12.7 Å². The number of hydrogen-bond donors (Lipinski definition) is 0. The highest BCUT2D eigenvalue weighted by Gasteiger charge is 2.58. The lowest BCUT2D eigenvalue weighted by Crippen LogP contribution is -2.29. The Bertz CT molecular complexity index is 622. The summed E-state index contributed by atoms with van der Waals surface area (Å²) in [5.74, 6) is -1.09. The fourth-order valence-electron chi connectivity index (χ4n) is 2.22. The first kappa shape index (κ1) is 17.8. The highest BCUT2D eigenvalue weighted by molar-refractivity contribution is 5.90. The summed E-state index contributed by atoms with van der Waals surface area (Å²) in [4.78, 5) is 37.1. The first-order valence-corrected chi connectivity index (χ1v) is 7.56. The van der Waals surface area contributed by atoms with E-state index in [0.29, 0.717) is 5.56 Å². The van der Waals surface area contributed by atoms with E-state index in [-0.39, 0.29) is 6.61 Å². The Kier molecular flexibility index (Phi) is 5.11. The van der Waals surface area contributed by atoms with Crippen molar-refractivity contribution in [2.24, 2.45) is 0 Å². The van der Waals surface area contributed by atoms with E-state index in [4.69, 9.17) is 9.47 Å². The summed E-state index contributed by atoms with van der Waals surface area (Å²) in [6.45, 7) is 5.08. The van der Waals surface area contributed by atoms with Crippen LogP contribution in [-0.2, 0) is 19.0 Å². The summed E-state index contributed by atoms with van der Waals surface area (Å²) >= 11 is 0. The summed E-state index contributed by atoms with van der Waals surface area (Å²) in [7, 11) is 1.24. The van der Waals surface area contributed by atoms with Crippen LogP contribution in [0.5, 0.6) is 0 Å². The molecule has 1 fully saturated rings. The molecule has 130 valence electrons. The lowest BCUT2D eigenvalue weighted by molar-refractivity contribution is -0.141. The monoisotopic (exact) mass is 335 g/mol. The van der Waals surface area contributed by atoms with Crippen LogP contribution < -0.4 is 0 Å². The Labute approximate surface area is 140 Å². The number of carbonyl (C=O) groups excluding carboxylic acids is 3. The van der Waals surface area contributed by atoms with Crippen LogP contribution in [0.2, 0.25) is 0 Å². The molecule has 2 rings (SSSR count). The van der Waals surface area contributed by atoms with Crippen LogP contribution in [0.3, 0.4) is 0 Å². The highest BCUT2D eigenvalue weighted by Crippen LogP contribution is 2.32. The molecule has 1 aromatic carbocycles. The van der Waals surface area contributed by atoms with Gasteiger partial charge < -0.3 is 14.2 Å². The molecule has 24 heavy (non-hydrogen) atoms. The number of benzene rings is 1. The maximum atomic E-state index is 12.1. The van der Waals surface area contributed by atoms with Gasteiger partial charge in [0, 0.05) is 0 Å². The molecule has 1 amide bonds. The fraction of sp³-hybridized carbons (Fsp3) is 0.471. The molecule has 0 spiro atoms. The Morgan fingerprint density at radius 2 is 1.75 bits per heavy atom. The predicted octanol–water partition coefficient (Wildman–Crippen LogP) is 2.00. The number of rotatable bonds is 4. The minimum atomic E-state index is -0.798. The van der Waals surface area contributed by atoms with Gasteiger partial charge in [-0.3, -0.25) is 4.90 Å². The third-order valence-electron chi connectivity index (χ3n) is 3.37. The van der Waals surface area contributed by atoms with Gasteiger partial charge in [-0.25, -0.2) is 14.4 Å². The molecule has 0 unspecified atom stereocenters. The lowest BCUT2D eigenvalue weighted by Gasteiger charge is -2.20. The molecule has 7 nitrogen and oxygen atoms in total. The first-order chi connectivity index (χ1) is 11.2. The van der Waals surface area contributed by atoms with E-state index in [9.17, 15) is 14.4 Å². The quantitative estimate of drug-likeness (QED) is 0.475. The second-order valence-electron chi connectivity index (χ2n) is 6.39. The van der Waals surface area contributed by atoms with Gasteiger partial charge in [-0.15, -0.1) is 0 Å². The van der Waals surface area contributed by atoms with Gasteiger partial charge in [-0.05, 0) is 32.9 Å². The van der Waals surface area contributed by atoms with E-state index < -0.39 is 35.7 Å². The summed E-state index contributed by atoms with van der Waals surface area (Å²) in [6.07, 6.45) is -0.640. The molecule has 1 heterocycles. The van der Waals surface area contributed by atoms with Gasteiger partial charge in [0.25, 0.3) is 0 Å². The van der Waals surface area contributed by atoms with Crippen molar-refractivity contribution in [3.63, 3.8) is 0 Å². The molecule has 2 atom stereocenters. The average molecular weight is 335 g/mol. The minimum Gasteiger partial charge on any atom is -0.467 e. The van der Waals surface area contributed by atoms with E-state index in [2.05, 4.69) is 4.74 Å². The van der Waals surface area contributed by atoms with Gasteiger partial charge in [0.15, 0.2) is 6.04 Å². The van der Waals surface area contributed by atoms with Crippen LogP contribution in [-0.4, -0.2) is 54.3 Å². The molecule has 7 heteroatoms. The molecule has 0 bridgehead atoms. The normalized spacial score (nSPS) is 19.4. The van der Waals surface area contributed by atoms with E-state index in [1.165, 1.54) is 12.0 Å². The predicted molar refractivity (Wildman–Crippen MR) is 84.4 cm³/mol. The maximum absolute atomic E-state index is 12.1. The smallest absolute Gasteiger partial charge is 0.411 e. The lowest BCUT2D eigenvalue weighted by atomic mass is 10.2. The molecular weight excluding hydrogens is 314 g/mol. The van der Waals surface area contributed by atoms with Crippen molar-refractivity contribution in [1.29, 1.82) is 0 Å². The van der Waals surface area contributed by atoms with E-state index in [1.807, 2.05) is 0 Å². The van der Waals surface area contributed by atoms with Gasteiger partial charge in [0.1, 0.15) is 18.2 Å². The van der Waals surface area contributed by atoms with E-state index >= 15 is 0 Å². The van der Waals surface area contributed by atoms with Crippen LogP contribution in [0, 0.1) is 0 Å². The Balaban J connectivity index is 1.98. The second-order valence-corrected chi connectivity index (χ2v) is 6.39. The van der Waals surface area contributed by atoms with Crippen molar-refractivity contribution in [2.75, 3.05) is 13.7 Å². The molecule has 0 radical (unpaired) electrons. The number of ether oxygens (including phenoxy) is 3. The largest absolute Gasteiger partial charge is 0.467 e. The zero-order chi connectivity index (χ0) is 17.9. The molecular formula is C17H21NO6. The van der Waals surface area contributed by atoms with Crippen LogP contribution in [0.25, 0.3) is 0 Å². The van der Waals surface area contributed by atoms with Crippen molar-refractivity contribution in [1.82, 2.24) is 4.90 Å². The van der Waals surface area contributed by atoms with Gasteiger partial charge in [-0.2, -0.15) is 0 Å². The van der Waals surface area contributed by atoms with Crippen molar-refractivity contribution in [3.8, 4) is 0 Å². The van der Waals surface area contributed by atoms with Crippen LogP contribution in [0.1, 0.15) is 31.1 Å². The summed E-state index contributed by atoms with van der Waals surface area (Å²) in [6, 6.07) is 7.09. The Morgan fingerprint density at radius 3 is 2.29 bits per heavy atom. The zero-order valence-corrected chi connectivity index (χ0v) is 14.1. The van der Waals surface area contributed by atoms with Gasteiger partial charge in [-0.1, -0.05) is 18.2 Å². The van der Waals surface area contributed by atoms with Gasteiger partial charge >= 0.3 is 18.0 Å². The fourth-order valence-corrected chi connectivity index (χ4v) is 2.22. The molecule has 0 aromatic heterocycles. The molecule has 0 saturated carbocycles. The zero-order valence-electron chi connectivity index (χ0n) is 14.1. The third-order valence-corrected chi connectivity index (χ3v) is 3.37. The number of nitrogens with zero attached hydrogens (tertiary/aromatic N) is 1. The maximum Gasteiger partial charge on any atom is 0.411 e. The molecule has 1 aliphatic heterocycles. The van der Waals surface area contributed by atoms with Crippen molar-refractivity contribution >= 4 is 18.0 Å². The van der Waals surface area contributed by atoms with Crippen molar-refractivity contribution in [2.45, 2.75) is 38.5 Å². The summed E-state index contributed by atoms with van der Waals surface area (Å²) in [5, 5.41) is 0. The Morgan fingerprint density at radius 1 is 1.12 bits per heavy atom. The number of esters is 2. The number of carbonyl (C=O) groups is 3. The standard InChI is InChI=1S/C17H21NO6/c1-17(2,3)24-16(21)18-12(13(18)15(20)22-4)10-23-14(19)11-8-6-5-7-9-11/h5-9,12-13H,10H2,1-4H3/t12-,13+,18?/m1/s1. The van der Waals surface area contributed by atoms with E-state index in [0.717, 1.165) is 0 Å². The van der Waals surface area contributed by atoms with Crippen molar-refractivity contribution < 1.29 is 28.6 Å². The van der Waals surface area contributed by atoms with Gasteiger partial charge in [0.2, 0.25) is 0 Å². The van der Waals surface area contributed by atoms with Crippen LogP contribution >= 0.6 is 0 Å².